The summed E-state index contributed by atoms with van der Waals surface area (Å²) in [5, 5.41) is 0. The molecular weight excluding hydrogens is 198 g/mol. The van der Waals surface area contributed by atoms with Crippen LogP contribution in [0.2, 0.25) is 0 Å². The van der Waals surface area contributed by atoms with E-state index in [1.807, 2.05) is 13.8 Å². The highest BCUT2D eigenvalue weighted by atomic mass is 16.1. The molecule has 0 aromatic carbocycles. The standard InChI is InChI=1S/C12H17NO.C2H6/c1-3-7-10(4-2)12(13)9-6-5-8-11(12)14;1-2/h3-4,7H,1-2,5-6,8-9,13H2;1-2H3/b10-7+;. The van der Waals surface area contributed by atoms with Gasteiger partial charge in [-0.25, -0.2) is 0 Å². The van der Waals surface area contributed by atoms with Crippen LogP contribution in [0.5, 0.6) is 0 Å². The molecule has 2 heteroatoms. The Morgan fingerprint density at radius 3 is 2.44 bits per heavy atom. The van der Waals surface area contributed by atoms with Crippen LogP contribution < -0.4 is 5.73 Å². The molecule has 0 aliphatic heterocycles. The smallest absolute Gasteiger partial charge is 0.157 e. The molecule has 1 rings (SSSR count). The molecule has 1 saturated carbocycles. The van der Waals surface area contributed by atoms with Crippen LogP contribution in [0.25, 0.3) is 0 Å². The molecule has 1 unspecified atom stereocenters. The van der Waals surface area contributed by atoms with E-state index in [4.69, 9.17) is 5.73 Å². The van der Waals surface area contributed by atoms with Gasteiger partial charge in [0.2, 0.25) is 0 Å². The average molecular weight is 221 g/mol. The summed E-state index contributed by atoms with van der Waals surface area (Å²) in [6, 6.07) is 0. The molecule has 90 valence electrons. The first-order valence-electron chi connectivity index (χ1n) is 5.93. The molecule has 2 nitrogen and oxygen atoms in total. The van der Waals surface area contributed by atoms with Crippen LogP contribution in [0.4, 0.5) is 0 Å². The number of rotatable bonds is 3. The quantitative estimate of drug-likeness (QED) is 0.744. The van der Waals surface area contributed by atoms with Crippen molar-refractivity contribution in [1.82, 2.24) is 0 Å². The van der Waals surface area contributed by atoms with Gasteiger partial charge in [-0.05, 0) is 18.4 Å². The van der Waals surface area contributed by atoms with Gasteiger partial charge in [0.15, 0.2) is 5.78 Å². The first-order chi connectivity index (χ1) is 7.65. The molecule has 0 aromatic rings. The van der Waals surface area contributed by atoms with Crippen LogP contribution in [0.1, 0.15) is 39.5 Å². The van der Waals surface area contributed by atoms with Crippen molar-refractivity contribution in [2.75, 3.05) is 0 Å². The third-order valence-electron chi connectivity index (χ3n) is 2.75. The van der Waals surface area contributed by atoms with Crippen LogP contribution in [-0.4, -0.2) is 11.3 Å². The molecule has 0 saturated heterocycles. The molecule has 0 spiro atoms. The van der Waals surface area contributed by atoms with Gasteiger partial charge < -0.3 is 5.73 Å². The zero-order valence-electron chi connectivity index (χ0n) is 10.5. The number of allylic oxidation sites excluding steroid dienone is 2. The van der Waals surface area contributed by atoms with Gasteiger partial charge in [0.25, 0.3) is 0 Å². The van der Waals surface area contributed by atoms with Crippen LogP contribution in [-0.2, 0) is 4.79 Å². The number of ketones is 1. The highest BCUT2D eigenvalue weighted by molar-refractivity contribution is 5.93. The molecule has 0 aromatic heterocycles. The minimum Gasteiger partial charge on any atom is -0.315 e. The Morgan fingerprint density at radius 1 is 1.38 bits per heavy atom. The molecule has 1 atom stereocenters. The summed E-state index contributed by atoms with van der Waals surface area (Å²) >= 11 is 0. The van der Waals surface area contributed by atoms with E-state index in [9.17, 15) is 4.79 Å². The Labute approximate surface area is 98.9 Å². The lowest BCUT2D eigenvalue weighted by Gasteiger charge is -2.32. The van der Waals surface area contributed by atoms with Gasteiger partial charge in [0.1, 0.15) is 5.54 Å². The lowest BCUT2D eigenvalue weighted by atomic mass is 9.76. The third-order valence-corrected chi connectivity index (χ3v) is 2.75. The van der Waals surface area contributed by atoms with E-state index in [0.717, 1.165) is 24.8 Å². The van der Waals surface area contributed by atoms with Crippen LogP contribution in [0.3, 0.4) is 0 Å². The fraction of sp³-hybridized carbons (Fsp3) is 0.500. The van der Waals surface area contributed by atoms with Gasteiger partial charge in [0.05, 0.1) is 0 Å². The normalized spacial score (nSPS) is 25.4. The summed E-state index contributed by atoms with van der Waals surface area (Å²) in [5.74, 6) is 0.122. The molecule has 0 bridgehead atoms. The second-order valence-electron chi connectivity index (χ2n) is 3.66. The van der Waals surface area contributed by atoms with Gasteiger partial charge in [-0.3, -0.25) is 4.79 Å². The Balaban J connectivity index is 0.00000106. The van der Waals surface area contributed by atoms with E-state index in [2.05, 4.69) is 13.2 Å². The number of Topliss-reactive ketones (excluding diaryl/α,β-unsaturated/α-hetero) is 1. The summed E-state index contributed by atoms with van der Waals surface area (Å²) < 4.78 is 0. The van der Waals surface area contributed by atoms with Crippen LogP contribution >= 0.6 is 0 Å². The average Bonchev–Trinajstić information content (AvgIpc) is 2.32. The Morgan fingerprint density at radius 2 is 2.00 bits per heavy atom. The van der Waals surface area contributed by atoms with Crippen molar-refractivity contribution < 1.29 is 4.79 Å². The molecule has 1 fully saturated rings. The van der Waals surface area contributed by atoms with Crippen molar-refractivity contribution >= 4 is 5.78 Å². The summed E-state index contributed by atoms with van der Waals surface area (Å²) in [6.07, 6.45) is 8.34. The number of hydrogen-bond acceptors (Lipinski definition) is 2. The second kappa shape index (κ2) is 7.18. The van der Waals surface area contributed by atoms with E-state index in [1.54, 1.807) is 18.2 Å². The first-order valence-corrected chi connectivity index (χ1v) is 5.93. The fourth-order valence-electron chi connectivity index (χ4n) is 1.88. The molecule has 0 radical (unpaired) electrons. The minimum absolute atomic E-state index is 0.122. The molecule has 1 aliphatic carbocycles. The number of hydrogen-bond donors (Lipinski definition) is 1. The van der Waals surface area contributed by atoms with Gasteiger partial charge in [-0.1, -0.05) is 51.7 Å². The monoisotopic (exact) mass is 221 g/mol. The van der Waals surface area contributed by atoms with Crippen molar-refractivity contribution in [3.05, 3.63) is 37.0 Å². The van der Waals surface area contributed by atoms with Gasteiger partial charge >= 0.3 is 0 Å². The maximum Gasteiger partial charge on any atom is 0.157 e. The maximum absolute atomic E-state index is 11.7. The zero-order chi connectivity index (χ0) is 12.6. The predicted molar refractivity (Wildman–Crippen MR) is 70.2 cm³/mol. The van der Waals surface area contributed by atoms with Crippen LogP contribution in [0, 0.1) is 0 Å². The largest absolute Gasteiger partial charge is 0.315 e. The van der Waals surface area contributed by atoms with Crippen molar-refractivity contribution in [3.63, 3.8) is 0 Å². The second-order valence-corrected chi connectivity index (χ2v) is 3.66. The Bertz CT molecular complexity index is 291. The van der Waals surface area contributed by atoms with E-state index >= 15 is 0 Å². The highest BCUT2D eigenvalue weighted by Gasteiger charge is 2.37. The van der Waals surface area contributed by atoms with Gasteiger partial charge in [-0.2, -0.15) is 0 Å². The topological polar surface area (TPSA) is 43.1 Å². The lowest BCUT2D eigenvalue weighted by Crippen LogP contribution is -2.51. The molecular formula is C14H23NO. The SMILES string of the molecule is C=C/C=C(\C=C)C1(N)CCCCC1=O.CC. The summed E-state index contributed by atoms with van der Waals surface area (Å²) in [4.78, 5) is 11.7. The summed E-state index contributed by atoms with van der Waals surface area (Å²) in [7, 11) is 0. The Hall–Kier alpha value is -1.15. The summed E-state index contributed by atoms with van der Waals surface area (Å²) in [6.45, 7) is 11.3. The lowest BCUT2D eigenvalue weighted by molar-refractivity contribution is -0.124. The van der Waals surface area contributed by atoms with E-state index in [1.165, 1.54) is 0 Å². The summed E-state index contributed by atoms with van der Waals surface area (Å²) in [5.41, 5.74) is 6.08. The third kappa shape index (κ3) is 3.17. The highest BCUT2D eigenvalue weighted by Crippen LogP contribution is 2.29. The van der Waals surface area contributed by atoms with Gasteiger partial charge in [-0.15, -0.1) is 0 Å². The zero-order valence-corrected chi connectivity index (χ0v) is 10.5. The van der Waals surface area contributed by atoms with Crippen molar-refractivity contribution in [2.45, 2.75) is 45.1 Å². The van der Waals surface area contributed by atoms with E-state index in [0.29, 0.717) is 6.42 Å². The van der Waals surface area contributed by atoms with E-state index in [-0.39, 0.29) is 5.78 Å². The molecule has 0 amide bonds. The van der Waals surface area contributed by atoms with Crippen molar-refractivity contribution in [3.8, 4) is 0 Å². The molecule has 16 heavy (non-hydrogen) atoms. The van der Waals surface area contributed by atoms with Crippen LogP contribution in [0.15, 0.2) is 37.0 Å². The molecule has 0 heterocycles. The molecule has 1 aliphatic rings. The number of nitrogens with two attached hydrogens (primary N) is 1. The minimum atomic E-state index is -0.811. The predicted octanol–water partition coefficient (Wildman–Crippen LogP) is 3.15. The number of carbonyl (C=O) groups is 1. The van der Waals surface area contributed by atoms with Crippen molar-refractivity contribution in [1.29, 1.82) is 0 Å². The maximum atomic E-state index is 11.7. The molecule has 2 N–H and O–H groups in total. The first kappa shape index (κ1) is 14.8. The van der Waals surface area contributed by atoms with E-state index < -0.39 is 5.54 Å². The Kier molecular flexibility index (Phi) is 6.66. The van der Waals surface area contributed by atoms with Gasteiger partial charge in [0, 0.05) is 6.42 Å². The van der Waals surface area contributed by atoms with Crippen molar-refractivity contribution in [2.24, 2.45) is 5.73 Å². The number of carbonyl (C=O) groups excluding carboxylic acids is 1. The fourth-order valence-corrected chi connectivity index (χ4v) is 1.88.